The third kappa shape index (κ3) is 3.72. The van der Waals surface area contributed by atoms with Crippen molar-refractivity contribution in [3.8, 4) is 0 Å². The molecule has 0 unspecified atom stereocenters. The summed E-state index contributed by atoms with van der Waals surface area (Å²) in [6.45, 7) is 1.69. The lowest BCUT2D eigenvalue weighted by Gasteiger charge is -2.15. The molecule has 128 valence electrons. The lowest BCUT2D eigenvalue weighted by Crippen LogP contribution is -2.23. The van der Waals surface area contributed by atoms with Crippen molar-refractivity contribution in [3.63, 3.8) is 0 Å². The van der Waals surface area contributed by atoms with Crippen molar-refractivity contribution in [2.24, 2.45) is 0 Å². The maximum Gasteiger partial charge on any atom is 0.257 e. The largest absolute Gasteiger partial charge is 0.322 e. The first-order valence-electron chi connectivity index (χ1n) is 6.93. The number of carbonyl (C=O) groups is 1. The second kappa shape index (κ2) is 7.11. The molecule has 5 nitrogen and oxygen atoms in total. The summed E-state index contributed by atoms with van der Waals surface area (Å²) >= 11 is 11.9. The van der Waals surface area contributed by atoms with E-state index in [0.29, 0.717) is 11.3 Å². The molecule has 0 fully saturated rings. The molecule has 0 heterocycles. The first-order valence-corrected chi connectivity index (χ1v) is 9.12. The number of amides is 1. The van der Waals surface area contributed by atoms with Gasteiger partial charge < -0.3 is 5.32 Å². The van der Waals surface area contributed by atoms with E-state index in [9.17, 15) is 13.2 Å². The van der Waals surface area contributed by atoms with Crippen LogP contribution in [0.1, 0.15) is 15.9 Å². The average Bonchev–Trinajstić information content (AvgIpc) is 2.51. The number of hydrogen-bond donors (Lipinski definition) is 1. The Hall–Kier alpha value is -1.60. The number of halogens is 2. The molecule has 1 amide bonds. The van der Waals surface area contributed by atoms with Gasteiger partial charge in [-0.15, -0.1) is 0 Å². The zero-order valence-corrected chi connectivity index (χ0v) is 15.6. The molecule has 1 N–H and O–H groups in total. The smallest absolute Gasteiger partial charge is 0.257 e. The Morgan fingerprint density at radius 3 is 2.42 bits per heavy atom. The molecular weight excluding hydrogens is 371 g/mol. The van der Waals surface area contributed by atoms with Crippen molar-refractivity contribution in [1.82, 2.24) is 4.31 Å². The van der Waals surface area contributed by atoms with Gasteiger partial charge in [0.05, 0.1) is 20.5 Å². The maximum atomic E-state index is 12.4. The summed E-state index contributed by atoms with van der Waals surface area (Å²) in [7, 11) is -0.710. The zero-order valence-electron chi connectivity index (χ0n) is 13.3. The highest BCUT2D eigenvalue weighted by molar-refractivity contribution is 7.89. The molecule has 0 saturated heterocycles. The topological polar surface area (TPSA) is 66.5 Å². The summed E-state index contributed by atoms with van der Waals surface area (Å²) in [6.07, 6.45) is 0. The second-order valence-electron chi connectivity index (χ2n) is 5.32. The minimum atomic E-state index is -3.61. The lowest BCUT2D eigenvalue weighted by atomic mass is 10.2. The summed E-state index contributed by atoms with van der Waals surface area (Å²) in [5.74, 6) is -0.473. The summed E-state index contributed by atoms with van der Waals surface area (Å²) in [6, 6.07) is 9.40. The van der Waals surface area contributed by atoms with E-state index in [1.165, 1.54) is 26.2 Å². The molecule has 0 aliphatic carbocycles. The van der Waals surface area contributed by atoms with Gasteiger partial charge in [-0.05, 0) is 36.8 Å². The fraction of sp³-hybridized carbons (Fsp3) is 0.188. The van der Waals surface area contributed by atoms with Crippen LogP contribution in [0.2, 0.25) is 10.0 Å². The third-order valence-corrected chi connectivity index (χ3v) is 6.18. The van der Waals surface area contributed by atoms with E-state index < -0.39 is 15.9 Å². The summed E-state index contributed by atoms with van der Waals surface area (Å²) < 4.78 is 25.8. The van der Waals surface area contributed by atoms with Gasteiger partial charge in [0.1, 0.15) is 0 Å². The van der Waals surface area contributed by atoms with Crippen LogP contribution in [0.5, 0.6) is 0 Å². The molecule has 24 heavy (non-hydrogen) atoms. The summed E-state index contributed by atoms with van der Waals surface area (Å²) in [5.41, 5.74) is 1.14. The monoisotopic (exact) mass is 386 g/mol. The molecular formula is C16H16Cl2N2O3S. The van der Waals surface area contributed by atoms with E-state index >= 15 is 0 Å². The fourth-order valence-corrected chi connectivity index (χ4v) is 3.56. The number of sulfonamides is 1. The highest BCUT2D eigenvalue weighted by atomic mass is 35.5. The third-order valence-electron chi connectivity index (χ3n) is 3.40. The molecule has 8 heteroatoms. The fourth-order valence-electron chi connectivity index (χ4n) is 2.03. The van der Waals surface area contributed by atoms with Crippen LogP contribution in [0.4, 0.5) is 5.69 Å². The van der Waals surface area contributed by atoms with E-state index in [1.54, 1.807) is 31.2 Å². The minimum absolute atomic E-state index is 0.127. The van der Waals surface area contributed by atoms with Crippen molar-refractivity contribution < 1.29 is 13.2 Å². The normalized spacial score (nSPS) is 11.6. The van der Waals surface area contributed by atoms with Crippen LogP contribution >= 0.6 is 23.2 Å². The Kier molecular flexibility index (Phi) is 5.55. The van der Waals surface area contributed by atoms with Gasteiger partial charge in [-0.3, -0.25) is 4.79 Å². The van der Waals surface area contributed by atoms with Crippen LogP contribution < -0.4 is 5.32 Å². The van der Waals surface area contributed by atoms with Gasteiger partial charge in [-0.25, -0.2) is 12.7 Å². The Morgan fingerprint density at radius 2 is 1.79 bits per heavy atom. The Morgan fingerprint density at radius 1 is 1.12 bits per heavy atom. The van der Waals surface area contributed by atoms with E-state index in [1.807, 2.05) is 0 Å². The molecule has 0 bridgehead atoms. The van der Waals surface area contributed by atoms with E-state index in [0.717, 1.165) is 4.31 Å². The number of benzene rings is 2. The number of nitrogens with zero attached hydrogens (tertiary/aromatic N) is 1. The Labute approximate surface area is 151 Å². The predicted molar refractivity (Wildman–Crippen MR) is 96.5 cm³/mol. The van der Waals surface area contributed by atoms with Crippen LogP contribution in [0.25, 0.3) is 0 Å². The zero-order chi connectivity index (χ0) is 18.1. The van der Waals surface area contributed by atoms with Gasteiger partial charge in [0, 0.05) is 19.8 Å². The van der Waals surface area contributed by atoms with Gasteiger partial charge in [-0.2, -0.15) is 0 Å². The van der Waals surface area contributed by atoms with Gasteiger partial charge >= 0.3 is 0 Å². The van der Waals surface area contributed by atoms with Crippen LogP contribution in [-0.4, -0.2) is 32.7 Å². The van der Waals surface area contributed by atoms with Crippen LogP contribution in [0, 0.1) is 6.92 Å². The Bertz CT molecular complexity index is 896. The van der Waals surface area contributed by atoms with Gasteiger partial charge in [-0.1, -0.05) is 35.3 Å². The first kappa shape index (κ1) is 18.7. The number of anilines is 1. The highest BCUT2D eigenvalue weighted by Gasteiger charge is 2.21. The van der Waals surface area contributed by atoms with Crippen molar-refractivity contribution >= 4 is 44.8 Å². The molecule has 0 aromatic heterocycles. The first-order chi connectivity index (χ1) is 11.1. The minimum Gasteiger partial charge on any atom is -0.322 e. The Balaban J connectivity index is 2.38. The predicted octanol–water partition coefficient (Wildman–Crippen LogP) is 3.80. The molecule has 0 atom stereocenters. The van der Waals surface area contributed by atoms with Gasteiger partial charge in [0.25, 0.3) is 5.91 Å². The van der Waals surface area contributed by atoms with Crippen molar-refractivity contribution in [2.45, 2.75) is 11.8 Å². The average molecular weight is 387 g/mol. The van der Waals surface area contributed by atoms with E-state index in [4.69, 9.17) is 23.2 Å². The number of rotatable bonds is 4. The summed E-state index contributed by atoms with van der Waals surface area (Å²) in [5, 5.41) is 3.05. The van der Waals surface area contributed by atoms with Crippen molar-refractivity contribution in [2.75, 3.05) is 19.4 Å². The maximum absolute atomic E-state index is 12.4. The molecule has 0 saturated carbocycles. The molecule has 2 aromatic carbocycles. The molecule has 2 aromatic rings. The van der Waals surface area contributed by atoms with Gasteiger partial charge in [0.15, 0.2) is 0 Å². The number of nitrogens with one attached hydrogen (secondary N) is 1. The van der Waals surface area contributed by atoms with Crippen molar-refractivity contribution in [1.29, 1.82) is 0 Å². The number of carbonyl (C=O) groups excluding carboxylic acids is 1. The molecule has 0 aliphatic rings. The number of hydrogen-bond acceptors (Lipinski definition) is 3. The highest BCUT2D eigenvalue weighted by Crippen LogP contribution is 2.27. The van der Waals surface area contributed by atoms with Crippen LogP contribution in [0.15, 0.2) is 41.3 Å². The SMILES string of the molecule is Cc1ccc(NC(=O)c2cccc(Cl)c2Cl)cc1S(=O)(=O)N(C)C. The van der Waals surface area contributed by atoms with Crippen LogP contribution in [0.3, 0.4) is 0 Å². The number of aryl methyl sites for hydroxylation is 1. The van der Waals surface area contributed by atoms with E-state index in [2.05, 4.69) is 5.32 Å². The molecule has 2 rings (SSSR count). The second-order valence-corrected chi connectivity index (χ2v) is 8.23. The lowest BCUT2D eigenvalue weighted by molar-refractivity contribution is 0.102. The van der Waals surface area contributed by atoms with Crippen LogP contribution in [-0.2, 0) is 10.0 Å². The molecule has 0 radical (unpaired) electrons. The molecule has 0 spiro atoms. The standard InChI is InChI=1S/C16H16Cl2N2O3S/c1-10-7-8-11(9-14(10)24(22,23)20(2)3)19-16(21)12-5-4-6-13(17)15(12)18/h4-9H,1-3H3,(H,19,21). The van der Waals surface area contributed by atoms with E-state index in [-0.39, 0.29) is 20.5 Å². The van der Waals surface area contributed by atoms with Gasteiger partial charge in [0.2, 0.25) is 10.0 Å². The summed E-state index contributed by atoms with van der Waals surface area (Å²) in [4.78, 5) is 12.5. The quantitative estimate of drug-likeness (QED) is 0.868. The molecule has 0 aliphatic heterocycles. The van der Waals surface area contributed by atoms with Crippen molar-refractivity contribution in [3.05, 3.63) is 57.6 Å².